The van der Waals surface area contributed by atoms with Crippen molar-refractivity contribution >= 4 is 11.2 Å². The van der Waals surface area contributed by atoms with Gasteiger partial charge < -0.3 is 15.5 Å². The number of nitrogens with zero attached hydrogens (tertiary/aromatic N) is 2. The van der Waals surface area contributed by atoms with Gasteiger partial charge in [0.1, 0.15) is 5.82 Å². The molecule has 2 aromatic heterocycles. The van der Waals surface area contributed by atoms with Gasteiger partial charge in [0.2, 0.25) is 0 Å². The molecule has 4 nitrogen and oxygen atoms in total. The lowest BCUT2D eigenvalue weighted by Crippen LogP contribution is -2.20. The Kier molecular flexibility index (Phi) is 2.73. The van der Waals surface area contributed by atoms with Crippen LogP contribution in [-0.4, -0.2) is 22.5 Å². The molecular weight excluding hydrogens is 212 g/mol. The van der Waals surface area contributed by atoms with Crippen LogP contribution < -0.4 is 11.1 Å². The predicted molar refractivity (Wildman–Crippen MR) is 69.1 cm³/mol. The second-order valence-electron chi connectivity index (χ2n) is 4.73. The van der Waals surface area contributed by atoms with E-state index < -0.39 is 0 Å². The molecule has 1 aliphatic heterocycles. The lowest BCUT2D eigenvalue weighted by atomic mass is 10.0. The normalized spacial score (nSPS) is 21.5. The molecule has 17 heavy (non-hydrogen) atoms. The van der Waals surface area contributed by atoms with Crippen molar-refractivity contribution in [3.63, 3.8) is 0 Å². The van der Waals surface area contributed by atoms with Gasteiger partial charge in [0.25, 0.3) is 0 Å². The Morgan fingerprint density at radius 1 is 1.41 bits per heavy atom. The molecule has 1 aliphatic rings. The first-order valence-corrected chi connectivity index (χ1v) is 6.28. The number of rotatable bonds is 1. The topological polar surface area (TPSA) is 55.4 Å². The maximum Gasteiger partial charge on any atom is 0.117 e. The van der Waals surface area contributed by atoms with E-state index in [1.54, 1.807) is 0 Å². The van der Waals surface area contributed by atoms with Crippen LogP contribution in [0.5, 0.6) is 0 Å². The van der Waals surface area contributed by atoms with Crippen molar-refractivity contribution in [2.24, 2.45) is 0 Å². The van der Waals surface area contributed by atoms with Crippen LogP contribution in [0.15, 0.2) is 24.5 Å². The molecule has 1 saturated heterocycles. The molecule has 90 valence electrons. The molecule has 2 aromatic rings. The van der Waals surface area contributed by atoms with E-state index >= 15 is 0 Å². The van der Waals surface area contributed by atoms with Crippen LogP contribution in [0.2, 0.25) is 0 Å². The van der Waals surface area contributed by atoms with Crippen LogP contribution in [0.3, 0.4) is 0 Å². The molecule has 0 radical (unpaired) electrons. The molecule has 0 aliphatic carbocycles. The summed E-state index contributed by atoms with van der Waals surface area (Å²) in [4.78, 5) is 4.56. The van der Waals surface area contributed by atoms with Crippen molar-refractivity contribution in [3.8, 4) is 0 Å². The molecule has 0 aromatic carbocycles. The largest absolute Gasteiger partial charge is 0.397 e. The minimum Gasteiger partial charge on any atom is -0.397 e. The summed E-state index contributed by atoms with van der Waals surface area (Å²) >= 11 is 0. The van der Waals surface area contributed by atoms with E-state index in [0.717, 1.165) is 30.1 Å². The first kappa shape index (κ1) is 10.6. The summed E-state index contributed by atoms with van der Waals surface area (Å²) in [6.07, 6.45) is 7.69. The molecule has 3 rings (SSSR count). The Bertz CT molecular complexity index is 509. The highest BCUT2D eigenvalue weighted by Crippen LogP contribution is 2.25. The lowest BCUT2D eigenvalue weighted by molar-refractivity contribution is 0.576. The summed E-state index contributed by atoms with van der Waals surface area (Å²) in [5, 5.41) is 3.48. The van der Waals surface area contributed by atoms with Crippen LogP contribution in [0.25, 0.3) is 5.52 Å². The van der Waals surface area contributed by atoms with Crippen LogP contribution in [0, 0.1) is 0 Å². The number of fused-ring (bicyclic) bond motifs is 1. The Balaban J connectivity index is 2.02. The van der Waals surface area contributed by atoms with Gasteiger partial charge in [-0.25, -0.2) is 4.98 Å². The van der Waals surface area contributed by atoms with Gasteiger partial charge in [-0.1, -0.05) is 6.42 Å². The SMILES string of the molecule is Nc1cccn2c(C3CCCCNC3)ncc12. The summed E-state index contributed by atoms with van der Waals surface area (Å²) < 4.78 is 2.13. The van der Waals surface area contributed by atoms with Gasteiger partial charge in [-0.15, -0.1) is 0 Å². The van der Waals surface area contributed by atoms with Crippen molar-refractivity contribution in [3.05, 3.63) is 30.4 Å². The van der Waals surface area contributed by atoms with Gasteiger partial charge in [-0.05, 0) is 31.5 Å². The summed E-state index contributed by atoms with van der Waals surface area (Å²) in [6.45, 7) is 2.15. The van der Waals surface area contributed by atoms with E-state index in [-0.39, 0.29) is 0 Å². The summed E-state index contributed by atoms with van der Waals surface area (Å²) in [6, 6.07) is 3.91. The van der Waals surface area contributed by atoms with Crippen molar-refractivity contribution in [2.75, 3.05) is 18.8 Å². The van der Waals surface area contributed by atoms with E-state index in [4.69, 9.17) is 5.73 Å². The Hall–Kier alpha value is -1.55. The van der Waals surface area contributed by atoms with Crippen molar-refractivity contribution < 1.29 is 0 Å². The second kappa shape index (κ2) is 4.37. The molecule has 1 atom stereocenters. The lowest BCUT2D eigenvalue weighted by Gasteiger charge is -2.13. The number of pyridine rings is 1. The van der Waals surface area contributed by atoms with Gasteiger partial charge in [0.15, 0.2) is 0 Å². The summed E-state index contributed by atoms with van der Waals surface area (Å²) in [5.41, 5.74) is 7.77. The van der Waals surface area contributed by atoms with Gasteiger partial charge in [0.05, 0.1) is 17.4 Å². The first-order valence-electron chi connectivity index (χ1n) is 6.28. The molecule has 0 spiro atoms. The zero-order valence-electron chi connectivity index (χ0n) is 9.89. The number of imidazole rings is 1. The fourth-order valence-electron chi connectivity index (χ4n) is 2.61. The highest BCUT2D eigenvalue weighted by Gasteiger charge is 2.18. The maximum absolute atomic E-state index is 5.95. The number of hydrogen-bond acceptors (Lipinski definition) is 3. The average molecular weight is 230 g/mol. The minimum absolute atomic E-state index is 0.502. The second-order valence-corrected chi connectivity index (χ2v) is 4.73. The quantitative estimate of drug-likeness (QED) is 0.785. The number of nitrogens with two attached hydrogens (primary N) is 1. The molecule has 3 heterocycles. The Morgan fingerprint density at radius 2 is 2.35 bits per heavy atom. The zero-order chi connectivity index (χ0) is 11.7. The molecule has 3 N–H and O–H groups in total. The number of aromatic nitrogens is 2. The minimum atomic E-state index is 0.502. The fourth-order valence-corrected chi connectivity index (χ4v) is 2.61. The van der Waals surface area contributed by atoms with Gasteiger partial charge in [-0.2, -0.15) is 0 Å². The van der Waals surface area contributed by atoms with Crippen molar-refractivity contribution in [1.82, 2.24) is 14.7 Å². The van der Waals surface area contributed by atoms with Crippen molar-refractivity contribution in [1.29, 1.82) is 0 Å². The third-order valence-corrected chi connectivity index (χ3v) is 3.54. The van der Waals surface area contributed by atoms with E-state index in [1.807, 2.05) is 18.3 Å². The van der Waals surface area contributed by atoms with Crippen LogP contribution >= 0.6 is 0 Å². The predicted octanol–water partition coefficient (Wildman–Crippen LogP) is 1.77. The van der Waals surface area contributed by atoms with Gasteiger partial charge in [0, 0.05) is 18.7 Å². The maximum atomic E-state index is 5.95. The molecule has 1 unspecified atom stereocenters. The van der Waals surface area contributed by atoms with Crippen molar-refractivity contribution in [2.45, 2.75) is 25.2 Å². The van der Waals surface area contributed by atoms with Crippen LogP contribution in [-0.2, 0) is 0 Å². The Labute approximate surface area is 101 Å². The standard InChI is InChI=1S/C13H18N4/c14-11-5-3-7-17-12(11)9-16-13(17)10-4-1-2-6-15-8-10/h3,5,7,9-10,15H,1-2,4,6,8,14H2. The molecule has 1 fully saturated rings. The smallest absolute Gasteiger partial charge is 0.117 e. The Morgan fingerprint density at radius 3 is 3.29 bits per heavy atom. The number of anilines is 1. The highest BCUT2D eigenvalue weighted by molar-refractivity contribution is 5.68. The third kappa shape index (κ3) is 1.89. The molecule has 0 bridgehead atoms. The number of nitrogen functional groups attached to an aromatic ring is 1. The first-order chi connectivity index (χ1) is 8.36. The third-order valence-electron chi connectivity index (χ3n) is 3.54. The number of hydrogen-bond donors (Lipinski definition) is 2. The van der Waals surface area contributed by atoms with Gasteiger partial charge >= 0.3 is 0 Å². The average Bonchev–Trinajstić information content (AvgIpc) is 2.59. The van der Waals surface area contributed by atoms with E-state index in [9.17, 15) is 0 Å². The fraction of sp³-hybridized carbons (Fsp3) is 0.462. The summed E-state index contributed by atoms with van der Waals surface area (Å²) in [7, 11) is 0. The number of nitrogens with one attached hydrogen (secondary N) is 1. The van der Waals surface area contributed by atoms with Crippen LogP contribution in [0.4, 0.5) is 5.69 Å². The zero-order valence-corrected chi connectivity index (χ0v) is 9.89. The van der Waals surface area contributed by atoms with E-state index in [2.05, 4.69) is 20.9 Å². The monoisotopic (exact) mass is 230 g/mol. The van der Waals surface area contributed by atoms with Crippen LogP contribution in [0.1, 0.15) is 31.0 Å². The van der Waals surface area contributed by atoms with Gasteiger partial charge in [-0.3, -0.25) is 0 Å². The molecular formula is C13H18N4. The summed E-state index contributed by atoms with van der Waals surface area (Å²) in [5.74, 6) is 1.64. The molecule has 0 saturated carbocycles. The molecule has 0 amide bonds. The molecule has 4 heteroatoms. The van der Waals surface area contributed by atoms with E-state index in [0.29, 0.717) is 5.92 Å². The van der Waals surface area contributed by atoms with E-state index in [1.165, 1.54) is 19.3 Å². The highest BCUT2D eigenvalue weighted by atomic mass is 15.0.